The van der Waals surface area contributed by atoms with Gasteiger partial charge in [-0.1, -0.05) is 12.1 Å². The molecule has 2 atom stereocenters. The molecule has 2 amide bonds. The zero-order valence-corrected chi connectivity index (χ0v) is 12.7. The molecule has 2 N–H and O–H groups in total. The molecule has 22 heavy (non-hydrogen) atoms. The Balaban J connectivity index is 1.51. The minimum Gasteiger partial charge on any atom is -0.381 e. The van der Waals surface area contributed by atoms with Gasteiger partial charge in [0.1, 0.15) is 0 Å². The number of pyridine rings is 1. The van der Waals surface area contributed by atoms with Gasteiger partial charge in [-0.3, -0.25) is 4.98 Å². The highest BCUT2D eigenvalue weighted by molar-refractivity contribution is 5.79. The van der Waals surface area contributed by atoms with Crippen molar-refractivity contribution in [3.05, 3.63) is 42.1 Å². The predicted molar refractivity (Wildman–Crippen MR) is 85.6 cm³/mol. The number of carbonyl (C=O) groups excluding carboxylic acids is 1. The van der Waals surface area contributed by atoms with Crippen LogP contribution in [0.2, 0.25) is 0 Å². The Bertz CT molecular complexity index is 659. The van der Waals surface area contributed by atoms with Crippen LogP contribution in [0, 0.1) is 0 Å². The lowest BCUT2D eigenvalue weighted by Crippen LogP contribution is -2.40. The smallest absolute Gasteiger partial charge is 0.315 e. The van der Waals surface area contributed by atoms with Gasteiger partial charge in [-0.15, -0.1) is 0 Å². The Morgan fingerprint density at radius 3 is 3.09 bits per heavy atom. The summed E-state index contributed by atoms with van der Waals surface area (Å²) in [6.45, 7) is 0.511. The molecule has 2 unspecified atom stereocenters. The second-order valence-electron chi connectivity index (χ2n) is 5.73. The van der Waals surface area contributed by atoms with Crippen molar-refractivity contribution in [2.45, 2.75) is 38.0 Å². The monoisotopic (exact) mass is 299 g/mol. The van der Waals surface area contributed by atoms with Crippen molar-refractivity contribution >= 4 is 16.9 Å². The maximum Gasteiger partial charge on any atom is 0.315 e. The van der Waals surface area contributed by atoms with Crippen molar-refractivity contribution in [3.63, 3.8) is 0 Å². The molecule has 1 heterocycles. The first-order valence-electron chi connectivity index (χ1n) is 7.65. The van der Waals surface area contributed by atoms with Crippen molar-refractivity contribution in [3.8, 4) is 0 Å². The van der Waals surface area contributed by atoms with Crippen molar-refractivity contribution < 1.29 is 9.53 Å². The average Bonchev–Trinajstić information content (AvgIpc) is 3.00. The molecular weight excluding hydrogens is 278 g/mol. The van der Waals surface area contributed by atoms with Gasteiger partial charge < -0.3 is 15.4 Å². The summed E-state index contributed by atoms with van der Waals surface area (Å²) in [7, 11) is 1.72. The van der Waals surface area contributed by atoms with E-state index in [1.54, 1.807) is 13.3 Å². The molecule has 0 saturated heterocycles. The van der Waals surface area contributed by atoms with Gasteiger partial charge in [0.2, 0.25) is 0 Å². The number of hydrogen-bond donors (Lipinski definition) is 2. The van der Waals surface area contributed by atoms with Crippen LogP contribution in [0.15, 0.2) is 36.5 Å². The number of aromatic nitrogens is 1. The maximum atomic E-state index is 12.0. The van der Waals surface area contributed by atoms with Crippen LogP contribution >= 0.6 is 0 Å². The first kappa shape index (κ1) is 14.8. The SMILES string of the molecule is COC1CCC(NC(=O)NCc2ccc3ncccc3c2)C1. The Labute approximate surface area is 130 Å². The van der Waals surface area contributed by atoms with Crippen LogP contribution in [0.1, 0.15) is 24.8 Å². The van der Waals surface area contributed by atoms with E-state index in [1.165, 1.54) is 0 Å². The lowest BCUT2D eigenvalue weighted by molar-refractivity contribution is 0.107. The zero-order valence-electron chi connectivity index (χ0n) is 12.7. The molecule has 1 aromatic heterocycles. The highest BCUT2D eigenvalue weighted by Crippen LogP contribution is 2.21. The first-order chi connectivity index (χ1) is 10.7. The normalized spacial score (nSPS) is 21.0. The molecule has 1 aliphatic carbocycles. The summed E-state index contributed by atoms with van der Waals surface area (Å²) in [4.78, 5) is 16.2. The fourth-order valence-electron chi connectivity index (χ4n) is 2.94. The van der Waals surface area contributed by atoms with Crippen molar-refractivity contribution in [1.29, 1.82) is 0 Å². The van der Waals surface area contributed by atoms with E-state index >= 15 is 0 Å². The van der Waals surface area contributed by atoms with E-state index in [0.29, 0.717) is 6.54 Å². The number of amides is 2. The van der Waals surface area contributed by atoms with Crippen molar-refractivity contribution in [2.75, 3.05) is 7.11 Å². The van der Waals surface area contributed by atoms with Gasteiger partial charge in [0.15, 0.2) is 0 Å². The summed E-state index contributed by atoms with van der Waals surface area (Å²) < 4.78 is 5.32. The van der Waals surface area contributed by atoms with Crippen LogP contribution in [0.5, 0.6) is 0 Å². The number of urea groups is 1. The Morgan fingerprint density at radius 1 is 1.36 bits per heavy atom. The number of fused-ring (bicyclic) bond motifs is 1. The van der Waals surface area contributed by atoms with E-state index in [-0.39, 0.29) is 18.2 Å². The molecule has 1 fully saturated rings. The van der Waals surface area contributed by atoms with Gasteiger partial charge in [0, 0.05) is 31.3 Å². The van der Waals surface area contributed by atoms with E-state index in [2.05, 4.69) is 21.7 Å². The molecule has 0 bridgehead atoms. The lowest BCUT2D eigenvalue weighted by atomic mass is 10.1. The number of nitrogens with zero attached hydrogens (tertiary/aromatic N) is 1. The van der Waals surface area contributed by atoms with Crippen LogP contribution in [0.3, 0.4) is 0 Å². The van der Waals surface area contributed by atoms with E-state index in [0.717, 1.165) is 35.7 Å². The third-order valence-electron chi connectivity index (χ3n) is 4.17. The summed E-state index contributed by atoms with van der Waals surface area (Å²) in [5, 5.41) is 7.00. The summed E-state index contributed by atoms with van der Waals surface area (Å²) in [6.07, 6.45) is 4.94. The number of carbonyl (C=O) groups is 1. The summed E-state index contributed by atoms with van der Waals surface area (Å²) in [5.74, 6) is 0. The second-order valence-corrected chi connectivity index (χ2v) is 5.73. The van der Waals surface area contributed by atoms with Crippen LogP contribution < -0.4 is 10.6 Å². The molecule has 0 aliphatic heterocycles. The number of methoxy groups -OCH3 is 1. The van der Waals surface area contributed by atoms with E-state index in [4.69, 9.17) is 4.74 Å². The molecule has 0 spiro atoms. The Morgan fingerprint density at radius 2 is 2.27 bits per heavy atom. The van der Waals surface area contributed by atoms with Gasteiger partial charge in [0.25, 0.3) is 0 Å². The maximum absolute atomic E-state index is 12.0. The third kappa shape index (κ3) is 3.54. The van der Waals surface area contributed by atoms with E-state index in [9.17, 15) is 4.79 Å². The van der Waals surface area contributed by atoms with Gasteiger partial charge in [-0.05, 0) is 43.0 Å². The van der Waals surface area contributed by atoms with Crippen molar-refractivity contribution in [1.82, 2.24) is 15.6 Å². The van der Waals surface area contributed by atoms with Crippen LogP contribution in [-0.4, -0.2) is 30.3 Å². The fourth-order valence-corrected chi connectivity index (χ4v) is 2.94. The molecule has 0 radical (unpaired) electrons. The number of rotatable bonds is 4. The lowest BCUT2D eigenvalue weighted by Gasteiger charge is -2.14. The van der Waals surface area contributed by atoms with E-state index in [1.807, 2.05) is 24.3 Å². The van der Waals surface area contributed by atoms with Gasteiger partial charge in [-0.25, -0.2) is 4.79 Å². The van der Waals surface area contributed by atoms with Gasteiger partial charge >= 0.3 is 6.03 Å². The summed E-state index contributed by atoms with van der Waals surface area (Å²) in [6, 6.07) is 10.1. The fraction of sp³-hybridized carbons (Fsp3) is 0.412. The molecule has 1 aliphatic rings. The molecule has 5 nitrogen and oxygen atoms in total. The number of ether oxygens (including phenoxy) is 1. The van der Waals surface area contributed by atoms with Gasteiger partial charge in [0.05, 0.1) is 11.6 Å². The molecule has 1 saturated carbocycles. The minimum atomic E-state index is -0.118. The largest absolute Gasteiger partial charge is 0.381 e. The number of nitrogens with one attached hydrogen (secondary N) is 2. The molecular formula is C17H21N3O2. The van der Waals surface area contributed by atoms with Crippen LogP contribution in [-0.2, 0) is 11.3 Å². The number of hydrogen-bond acceptors (Lipinski definition) is 3. The average molecular weight is 299 g/mol. The predicted octanol–water partition coefficient (Wildman–Crippen LogP) is 2.60. The number of benzene rings is 1. The Hall–Kier alpha value is -2.14. The molecule has 1 aromatic carbocycles. The molecule has 3 rings (SSSR count). The summed E-state index contributed by atoms with van der Waals surface area (Å²) >= 11 is 0. The molecule has 5 heteroatoms. The van der Waals surface area contributed by atoms with Crippen LogP contribution in [0.25, 0.3) is 10.9 Å². The van der Waals surface area contributed by atoms with E-state index < -0.39 is 0 Å². The topological polar surface area (TPSA) is 63.2 Å². The Kier molecular flexibility index (Phi) is 4.53. The molecule has 116 valence electrons. The third-order valence-corrected chi connectivity index (χ3v) is 4.17. The molecule has 2 aromatic rings. The highest BCUT2D eigenvalue weighted by Gasteiger charge is 2.25. The highest BCUT2D eigenvalue weighted by atomic mass is 16.5. The zero-order chi connectivity index (χ0) is 15.4. The minimum absolute atomic E-state index is 0.118. The summed E-state index contributed by atoms with van der Waals surface area (Å²) in [5.41, 5.74) is 2.03. The van der Waals surface area contributed by atoms with Gasteiger partial charge in [-0.2, -0.15) is 0 Å². The quantitative estimate of drug-likeness (QED) is 0.912. The second kappa shape index (κ2) is 6.75. The van der Waals surface area contributed by atoms with Crippen LogP contribution in [0.4, 0.5) is 4.79 Å². The van der Waals surface area contributed by atoms with Crippen molar-refractivity contribution in [2.24, 2.45) is 0 Å². The first-order valence-corrected chi connectivity index (χ1v) is 7.65. The standard InChI is InChI=1S/C17H21N3O2/c1-22-15-6-5-14(10-15)20-17(21)19-11-12-4-7-16-13(9-12)3-2-8-18-16/h2-4,7-9,14-15H,5-6,10-11H2,1H3,(H2,19,20,21).